The van der Waals surface area contributed by atoms with Gasteiger partial charge in [0, 0.05) is 11.8 Å². The molecule has 0 aromatic heterocycles. The van der Waals surface area contributed by atoms with Gasteiger partial charge < -0.3 is 10.2 Å². The average molecular weight is 419 g/mol. The van der Waals surface area contributed by atoms with Crippen molar-refractivity contribution in [3.8, 4) is 0 Å². The van der Waals surface area contributed by atoms with Crippen LogP contribution in [0.1, 0.15) is 98.8 Å². The summed E-state index contributed by atoms with van der Waals surface area (Å²) in [4.78, 5) is 13.8. The van der Waals surface area contributed by atoms with Crippen molar-refractivity contribution in [1.29, 1.82) is 0 Å². The van der Waals surface area contributed by atoms with E-state index in [1.165, 1.54) is 32.1 Å². The molecule has 0 heterocycles. The molecule has 4 fully saturated rings. The van der Waals surface area contributed by atoms with E-state index in [9.17, 15) is 15.0 Å². The van der Waals surface area contributed by atoms with Gasteiger partial charge in [-0.05, 0) is 85.4 Å². The number of Topliss-reactive ketones (excluding diaryl/α,β-unsaturated/α-hetero) is 1. The number of hydrogen-bond acceptors (Lipinski definition) is 3. The molecule has 4 rings (SSSR count). The van der Waals surface area contributed by atoms with Gasteiger partial charge in [-0.1, -0.05) is 53.9 Å². The van der Waals surface area contributed by atoms with E-state index < -0.39 is 0 Å². The Balaban J connectivity index is 1.55. The fourth-order valence-corrected chi connectivity index (χ4v) is 8.98. The lowest BCUT2D eigenvalue weighted by molar-refractivity contribution is -0.179. The van der Waals surface area contributed by atoms with Crippen molar-refractivity contribution < 1.29 is 15.0 Å². The average Bonchev–Trinajstić information content (AvgIpc) is 3.03. The van der Waals surface area contributed by atoms with Crippen LogP contribution < -0.4 is 0 Å². The van der Waals surface area contributed by atoms with Crippen LogP contribution in [0.3, 0.4) is 0 Å². The zero-order valence-corrected chi connectivity index (χ0v) is 20.1. The van der Waals surface area contributed by atoms with E-state index in [-0.39, 0.29) is 29.0 Å². The quantitative estimate of drug-likeness (QED) is 0.609. The summed E-state index contributed by atoms with van der Waals surface area (Å²) < 4.78 is 0. The van der Waals surface area contributed by atoms with Crippen LogP contribution >= 0.6 is 0 Å². The first-order valence-corrected chi connectivity index (χ1v) is 13.0. The molecule has 0 amide bonds. The van der Waals surface area contributed by atoms with E-state index in [0.717, 1.165) is 25.2 Å². The van der Waals surface area contributed by atoms with Gasteiger partial charge in [0.2, 0.25) is 0 Å². The molecule has 0 bridgehead atoms. The minimum Gasteiger partial charge on any atom is -0.393 e. The maximum atomic E-state index is 13.8. The number of hydrogen-bond donors (Lipinski definition) is 2. The van der Waals surface area contributed by atoms with Crippen molar-refractivity contribution in [3.05, 3.63) is 0 Å². The molecule has 0 saturated heterocycles. The second-order valence-electron chi connectivity index (χ2n) is 12.6. The SMILES string of the molecule is CC(C)CCC[C@@H](C)[C@H]1CC[C@H]2[C@@H]3C[C@H](O)[C@@H]4C[C@H](O)CC[C@]4(C)[C@H]3CC(=O)[C@]12C. The highest BCUT2D eigenvalue weighted by molar-refractivity contribution is 5.87. The van der Waals surface area contributed by atoms with Gasteiger partial charge in [0.15, 0.2) is 0 Å². The van der Waals surface area contributed by atoms with Crippen molar-refractivity contribution in [1.82, 2.24) is 0 Å². The Morgan fingerprint density at radius 1 is 0.967 bits per heavy atom. The van der Waals surface area contributed by atoms with Crippen LogP contribution in [0, 0.1) is 52.3 Å². The molecule has 2 N–H and O–H groups in total. The summed E-state index contributed by atoms with van der Waals surface area (Å²) in [6.45, 7) is 11.6. The van der Waals surface area contributed by atoms with E-state index in [1.807, 2.05) is 0 Å². The van der Waals surface area contributed by atoms with E-state index in [4.69, 9.17) is 0 Å². The molecule has 0 radical (unpaired) electrons. The van der Waals surface area contributed by atoms with E-state index in [1.54, 1.807) is 0 Å². The normalized spacial score (nSPS) is 49.5. The van der Waals surface area contributed by atoms with Gasteiger partial charge in [-0.3, -0.25) is 4.79 Å². The summed E-state index contributed by atoms with van der Waals surface area (Å²) in [6.07, 6.45) is 9.63. The van der Waals surface area contributed by atoms with Crippen molar-refractivity contribution >= 4 is 5.78 Å². The molecule has 3 heteroatoms. The molecular formula is C27H46O3. The fourth-order valence-electron chi connectivity index (χ4n) is 8.98. The van der Waals surface area contributed by atoms with Crippen LogP contribution in [0.25, 0.3) is 0 Å². The first kappa shape index (κ1) is 22.8. The van der Waals surface area contributed by atoms with Crippen molar-refractivity contribution in [3.63, 3.8) is 0 Å². The standard InChI is InChI=1S/C27H46O3/c1-16(2)7-6-8-17(3)20-9-10-21-19-14-24(29)23-13-18(28)11-12-26(23,4)22(19)15-25(30)27(20,21)5/h16-24,28-29H,6-15H2,1-5H3/t17-,18-,19+,20-,21+,22+,23+,24+,26-,27-/m1/s1. The van der Waals surface area contributed by atoms with Crippen LogP contribution in [-0.4, -0.2) is 28.2 Å². The fraction of sp³-hybridized carbons (Fsp3) is 0.963. The van der Waals surface area contributed by atoms with Gasteiger partial charge in [0.1, 0.15) is 5.78 Å². The summed E-state index contributed by atoms with van der Waals surface area (Å²) in [6, 6.07) is 0. The molecule has 3 nitrogen and oxygen atoms in total. The number of carbonyl (C=O) groups is 1. The Bertz CT molecular complexity index is 644. The lowest BCUT2D eigenvalue weighted by Gasteiger charge is -2.61. The molecule has 0 spiro atoms. The van der Waals surface area contributed by atoms with Crippen LogP contribution in [0.15, 0.2) is 0 Å². The van der Waals surface area contributed by atoms with Gasteiger partial charge >= 0.3 is 0 Å². The number of fused-ring (bicyclic) bond motifs is 5. The molecule has 0 aromatic carbocycles. The van der Waals surface area contributed by atoms with E-state index >= 15 is 0 Å². The number of rotatable bonds is 5. The van der Waals surface area contributed by atoms with Gasteiger partial charge in [-0.15, -0.1) is 0 Å². The summed E-state index contributed by atoms with van der Waals surface area (Å²) >= 11 is 0. The first-order valence-electron chi connectivity index (χ1n) is 13.0. The number of aliphatic hydroxyl groups excluding tert-OH is 2. The Hall–Kier alpha value is -0.410. The second-order valence-corrected chi connectivity index (χ2v) is 12.6. The molecular weight excluding hydrogens is 372 g/mol. The first-order chi connectivity index (χ1) is 14.1. The zero-order chi connectivity index (χ0) is 21.8. The van der Waals surface area contributed by atoms with Crippen molar-refractivity contribution in [2.24, 2.45) is 52.3 Å². The Labute approximate surface area is 184 Å². The smallest absolute Gasteiger partial charge is 0.139 e. The molecule has 4 aliphatic carbocycles. The predicted molar refractivity (Wildman–Crippen MR) is 121 cm³/mol. The lowest BCUT2D eigenvalue weighted by atomic mass is 9.43. The summed E-state index contributed by atoms with van der Waals surface area (Å²) in [5, 5.41) is 21.4. The highest BCUT2D eigenvalue weighted by Crippen LogP contribution is 2.67. The number of aliphatic hydroxyl groups is 2. The molecule has 4 aliphatic rings. The summed E-state index contributed by atoms with van der Waals surface area (Å²) in [7, 11) is 0. The van der Waals surface area contributed by atoms with Gasteiger partial charge in [-0.25, -0.2) is 0 Å². The van der Waals surface area contributed by atoms with Gasteiger partial charge in [0.25, 0.3) is 0 Å². The molecule has 30 heavy (non-hydrogen) atoms. The number of ketones is 1. The van der Waals surface area contributed by atoms with Crippen LogP contribution in [0.5, 0.6) is 0 Å². The minimum atomic E-state index is -0.314. The molecule has 4 saturated carbocycles. The largest absolute Gasteiger partial charge is 0.393 e. The topological polar surface area (TPSA) is 57.5 Å². The predicted octanol–water partition coefficient (Wildman–Crippen LogP) is 5.62. The Kier molecular flexibility index (Phi) is 6.21. The molecule has 0 aromatic rings. The minimum absolute atomic E-state index is 0.0134. The maximum absolute atomic E-state index is 13.8. The third kappa shape index (κ3) is 3.51. The second kappa shape index (κ2) is 8.18. The molecule has 0 aliphatic heterocycles. The summed E-state index contributed by atoms with van der Waals surface area (Å²) in [5.74, 6) is 3.89. The van der Waals surface area contributed by atoms with Crippen molar-refractivity contribution in [2.75, 3.05) is 0 Å². The zero-order valence-electron chi connectivity index (χ0n) is 20.1. The van der Waals surface area contributed by atoms with Gasteiger partial charge in [0.05, 0.1) is 12.2 Å². The summed E-state index contributed by atoms with van der Waals surface area (Å²) in [5.41, 5.74) is -0.172. The maximum Gasteiger partial charge on any atom is 0.139 e. The highest BCUT2D eigenvalue weighted by atomic mass is 16.3. The van der Waals surface area contributed by atoms with E-state index in [0.29, 0.717) is 48.2 Å². The lowest BCUT2D eigenvalue weighted by Crippen LogP contribution is -2.60. The Morgan fingerprint density at radius 3 is 2.40 bits per heavy atom. The van der Waals surface area contributed by atoms with Crippen molar-refractivity contribution in [2.45, 2.75) is 111 Å². The molecule has 0 unspecified atom stereocenters. The monoisotopic (exact) mass is 418 g/mol. The third-order valence-electron chi connectivity index (χ3n) is 10.7. The molecule has 10 atom stereocenters. The van der Waals surface area contributed by atoms with Crippen LogP contribution in [0.2, 0.25) is 0 Å². The Morgan fingerprint density at radius 2 is 1.70 bits per heavy atom. The number of carbonyl (C=O) groups excluding carboxylic acids is 1. The van der Waals surface area contributed by atoms with Crippen LogP contribution in [0.4, 0.5) is 0 Å². The van der Waals surface area contributed by atoms with E-state index in [2.05, 4.69) is 34.6 Å². The van der Waals surface area contributed by atoms with Gasteiger partial charge in [-0.2, -0.15) is 0 Å². The highest BCUT2D eigenvalue weighted by Gasteiger charge is 2.65. The van der Waals surface area contributed by atoms with Crippen LogP contribution in [-0.2, 0) is 4.79 Å². The third-order valence-corrected chi connectivity index (χ3v) is 10.7. The molecule has 172 valence electrons.